The molecule has 4 rings (SSSR count). The van der Waals surface area contributed by atoms with Gasteiger partial charge in [0.15, 0.2) is 11.5 Å². The monoisotopic (exact) mass is 493 g/mol. The van der Waals surface area contributed by atoms with Crippen LogP contribution in [0.3, 0.4) is 0 Å². The average molecular weight is 494 g/mol. The van der Waals surface area contributed by atoms with Crippen molar-refractivity contribution in [2.45, 2.75) is 64.5 Å². The third-order valence-electron chi connectivity index (χ3n) is 6.42. The van der Waals surface area contributed by atoms with Crippen molar-refractivity contribution in [2.24, 2.45) is 13.0 Å². The van der Waals surface area contributed by atoms with Crippen molar-refractivity contribution in [1.82, 2.24) is 14.5 Å². The molecule has 3 aromatic rings. The van der Waals surface area contributed by atoms with Crippen LogP contribution >= 0.6 is 0 Å². The number of ether oxygens (including phenoxy) is 2. The normalized spacial score (nSPS) is 18.0. The molecule has 2 heterocycles. The molecule has 1 aliphatic rings. The van der Waals surface area contributed by atoms with Crippen LogP contribution in [0.25, 0.3) is 10.9 Å². The number of aryl methyl sites for hydroxylation is 1. The van der Waals surface area contributed by atoms with Crippen LogP contribution in [0, 0.1) is 5.92 Å². The fourth-order valence-corrected chi connectivity index (χ4v) is 4.76. The van der Waals surface area contributed by atoms with Crippen molar-refractivity contribution in [3.05, 3.63) is 42.4 Å². The smallest absolute Gasteiger partial charge is 0.360 e. The number of aromatic nitrogens is 3. The third kappa shape index (κ3) is 5.95. The Kier molecular flexibility index (Phi) is 7.47. The number of benzene rings is 1. The molecule has 0 amide bonds. The van der Waals surface area contributed by atoms with Crippen molar-refractivity contribution < 1.29 is 19.1 Å². The van der Waals surface area contributed by atoms with Gasteiger partial charge in [-0.1, -0.05) is 18.9 Å². The number of carbonyl (C=O) groups excluding carboxylic acids is 2. The number of carbonyl (C=O) groups is 2. The summed E-state index contributed by atoms with van der Waals surface area (Å²) < 4.78 is 12.5. The zero-order valence-corrected chi connectivity index (χ0v) is 21.6. The predicted octanol–water partition coefficient (Wildman–Crippen LogP) is 5.20. The minimum atomic E-state index is -0.572. The SMILES string of the molecule is COC(=O)c1ncc(N[C@@H]2CCCC[C@@H]2CC(=O)OC(C)(C)C)nc1Nc1cccc2c1ccn2C. The molecule has 0 bridgehead atoms. The van der Waals surface area contributed by atoms with Gasteiger partial charge in [-0.3, -0.25) is 4.79 Å². The number of anilines is 3. The van der Waals surface area contributed by atoms with E-state index in [0.29, 0.717) is 18.1 Å². The van der Waals surface area contributed by atoms with Gasteiger partial charge >= 0.3 is 11.9 Å². The van der Waals surface area contributed by atoms with E-state index in [1.807, 2.05) is 62.8 Å². The summed E-state index contributed by atoms with van der Waals surface area (Å²) in [5.41, 5.74) is 1.45. The molecule has 9 heteroatoms. The maximum atomic E-state index is 12.5. The van der Waals surface area contributed by atoms with Crippen LogP contribution in [0.5, 0.6) is 0 Å². The van der Waals surface area contributed by atoms with Crippen LogP contribution in [-0.4, -0.2) is 45.2 Å². The number of nitrogens with zero attached hydrogens (tertiary/aromatic N) is 3. The first-order valence-electron chi connectivity index (χ1n) is 12.4. The van der Waals surface area contributed by atoms with Gasteiger partial charge in [-0.15, -0.1) is 0 Å². The molecular formula is C27H35N5O4. The Morgan fingerprint density at radius 1 is 1.17 bits per heavy atom. The van der Waals surface area contributed by atoms with Gasteiger partial charge in [-0.2, -0.15) is 0 Å². The fraction of sp³-hybridized carbons (Fsp3) is 0.481. The number of methoxy groups -OCH3 is 1. The molecule has 9 nitrogen and oxygen atoms in total. The second kappa shape index (κ2) is 10.6. The second-order valence-electron chi connectivity index (χ2n) is 10.3. The highest BCUT2D eigenvalue weighted by Gasteiger charge is 2.30. The van der Waals surface area contributed by atoms with E-state index in [4.69, 9.17) is 14.5 Å². The highest BCUT2D eigenvalue weighted by molar-refractivity contribution is 5.97. The summed E-state index contributed by atoms with van der Waals surface area (Å²) >= 11 is 0. The summed E-state index contributed by atoms with van der Waals surface area (Å²) in [7, 11) is 3.30. The lowest BCUT2D eigenvalue weighted by Gasteiger charge is -2.32. The second-order valence-corrected chi connectivity index (χ2v) is 10.3. The Labute approximate surface area is 211 Å². The molecule has 2 atom stereocenters. The summed E-state index contributed by atoms with van der Waals surface area (Å²) in [6, 6.07) is 7.97. The first-order valence-corrected chi connectivity index (χ1v) is 12.4. The van der Waals surface area contributed by atoms with E-state index in [9.17, 15) is 9.59 Å². The number of hydrogen-bond donors (Lipinski definition) is 2. The third-order valence-corrected chi connectivity index (χ3v) is 6.42. The van der Waals surface area contributed by atoms with E-state index < -0.39 is 11.6 Å². The van der Waals surface area contributed by atoms with Crippen LogP contribution in [0.15, 0.2) is 36.7 Å². The summed E-state index contributed by atoms with van der Waals surface area (Å²) in [4.78, 5) is 34.0. The Hall–Kier alpha value is -3.62. The summed E-state index contributed by atoms with van der Waals surface area (Å²) in [6.07, 6.45) is 7.87. The largest absolute Gasteiger partial charge is 0.464 e. The zero-order valence-electron chi connectivity index (χ0n) is 21.6. The molecule has 0 spiro atoms. The van der Waals surface area contributed by atoms with Crippen LogP contribution in [0.4, 0.5) is 17.3 Å². The maximum absolute atomic E-state index is 12.5. The molecule has 1 fully saturated rings. The molecule has 0 aliphatic heterocycles. The summed E-state index contributed by atoms with van der Waals surface area (Å²) in [5.74, 6) is 0.211. The number of hydrogen-bond acceptors (Lipinski definition) is 8. The van der Waals surface area contributed by atoms with E-state index >= 15 is 0 Å². The molecule has 0 radical (unpaired) electrons. The van der Waals surface area contributed by atoms with Gasteiger partial charge in [-0.05, 0) is 57.7 Å². The lowest BCUT2D eigenvalue weighted by Crippen LogP contribution is -2.35. The van der Waals surface area contributed by atoms with Gasteiger partial charge < -0.3 is 24.7 Å². The number of rotatable bonds is 7. The molecule has 2 aromatic heterocycles. The fourth-order valence-electron chi connectivity index (χ4n) is 4.76. The number of esters is 2. The summed E-state index contributed by atoms with van der Waals surface area (Å²) in [6.45, 7) is 5.64. The molecule has 1 saturated carbocycles. The Morgan fingerprint density at radius 2 is 1.94 bits per heavy atom. The zero-order chi connectivity index (χ0) is 25.9. The first-order chi connectivity index (χ1) is 17.1. The van der Waals surface area contributed by atoms with E-state index in [1.165, 1.54) is 7.11 Å². The van der Waals surface area contributed by atoms with Crippen LogP contribution < -0.4 is 10.6 Å². The molecule has 1 aliphatic carbocycles. The van der Waals surface area contributed by atoms with Crippen molar-refractivity contribution in [3.63, 3.8) is 0 Å². The summed E-state index contributed by atoms with van der Waals surface area (Å²) in [5, 5.41) is 7.76. The van der Waals surface area contributed by atoms with Gasteiger partial charge in [0.05, 0.1) is 19.7 Å². The van der Waals surface area contributed by atoms with Gasteiger partial charge in [0.2, 0.25) is 0 Å². The predicted molar refractivity (Wildman–Crippen MR) is 139 cm³/mol. The number of fused-ring (bicyclic) bond motifs is 1. The topological polar surface area (TPSA) is 107 Å². The minimum absolute atomic E-state index is 0.0509. The molecule has 36 heavy (non-hydrogen) atoms. The Bertz CT molecular complexity index is 1250. The van der Waals surface area contributed by atoms with Crippen LogP contribution in [0.1, 0.15) is 63.4 Å². The van der Waals surface area contributed by atoms with E-state index in [-0.39, 0.29) is 23.6 Å². The van der Waals surface area contributed by atoms with E-state index in [1.54, 1.807) is 6.20 Å². The maximum Gasteiger partial charge on any atom is 0.360 e. The highest BCUT2D eigenvalue weighted by Crippen LogP contribution is 2.32. The lowest BCUT2D eigenvalue weighted by atomic mass is 9.82. The van der Waals surface area contributed by atoms with E-state index in [2.05, 4.69) is 15.6 Å². The number of nitrogens with one attached hydrogen (secondary N) is 2. The quantitative estimate of drug-likeness (QED) is 0.433. The first kappa shape index (κ1) is 25.5. The van der Waals surface area contributed by atoms with Gasteiger partial charge in [-0.25, -0.2) is 14.8 Å². The van der Waals surface area contributed by atoms with Crippen LogP contribution in [-0.2, 0) is 21.3 Å². The van der Waals surface area contributed by atoms with Gasteiger partial charge in [0, 0.05) is 35.9 Å². The minimum Gasteiger partial charge on any atom is -0.464 e. The molecule has 192 valence electrons. The van der Waals surface area contributed by atoms with Gasteiger partial charge in [0.25, 0.3) is 0 Å². The Balaban J connectivity index is 1.58. The standard InChI is InChI=1S/C27H35N5O4/c1-27(2,3)36-23(33)15-17-9-6-7-10-19(17)29-22-16-28-24(26(34)35-5)25(31-22)30-20-11-8-12-21-18(20)13-14-32(21)4/h8,11-14,16-17,19H,6-7,9-10,15H2,1-5H3,(H2,29,30,31)/t17-,19-/m1/s1. The molecule has 1 aromatic carbocycles. The lowest BCUT2D eigenvalue weighted by molar-refractivity contribution is -0.156. The average Bonchev–Trinajstić information content (AvgIpc) is 3.20. The Morgan fingerprint density at radius 3 is 2.69 bits per heavy atom. The highest BCUT2D eigenvalue weighted by atomic mass is 16.6. The molecule has 0 saturated heterocycles. The van der Waals surface area contributed by atoms with Crippen molar-refractivity contribution >= 4 is 40.2 Å². The van der Waals surface area contributed by atoms with Crippen molar-refractivity contribution in [1.29, 1.82) is 0 Å². The van der Waals surface area contributed by atoms with Crippen molar-refractivity contribution in [2.75, 3.05) is 17.7 Å². The van der Waals surface area contributed by atoms with E-state index in [0.717, 1.165) is 42.3 Å². The molecule has 0 unspecified atom stereocenters. The van der Waals surface area contributed by atoms with Crippen LogP contribution in [0.2, 0.25) is 0 Å². The molecule has 2 N–H and O–H groups in total. The molecular weight excluding hydrogens is 458 g/mol. The van der Waals surface area contributed by atoms with Gasteiger partial charge in [0.1, 0.15) is 11.4 Å². The van der Waals surface area contributed by atoms with Crippen molar-refractivity contribution in [3.8, 4) is 0 Å².